The molecule has 0 amide bonds. The smallest absolute Gasteiger partial charge is 0.0937 e. The lowest BCUT2D eigenvalue weighted by atomic mass is 9.71. The third-order valence-electron chi connectivity index (χ3n) is 5.30. The van der Waals surface area contributed by atoms with Crippen molar-refractivity contribution in [1.29, 1.82) is 0 Å². The topological polar surface area (TPSA) is 24.9 Å². The molecule has 3 rings (SSSR count). The SMILES string of the molecule is c1csc(CCNC2CCCCC2C2CCCCC2)n1. The Labute approximate surface area is 127 Å². The molecule has 2 aliphatic rings. The zero-order valence-electron chi connectivity index (χ0n) is 12.5. The average molecular weight is 292 g/mol. The molecule has 1 aromatic heterocycles. The van der Waals surface area contributed by atoms with E-state index in [1.807, 2.05) is 6.20 Å². The van der Waals surface area contributed by atoms with Crippen LogP contribution in [-0.2, 0) is 6.42 Å². The number of rotatable bonds is 5. The van der Waals surface area contributed by atoms with Crippen molar-refractivity contribution in [1.82, 2.24) is 10.3 Å². The molecule has 0 aliphatic heterocycles. The Kier molecular flexibility index (Phi) is 5.49. The first-order valence-electron chi connectivity index (χ1n) is 8.55. The third kappa shape index (κ3) is 3.82. The molecule has 20 heavy (non-hydrogen) atoms. The van der Waals surface area contributed by atoms with Crippen LogP contribution in [0.5, 0.6) is 0 Å². The first-order valence-corrected chi connectivity index (χ1v) is 9.43. The number of aromatic nitrogens is 1. The average Bonchev–Trinajstić information content (AvgIpc) is 3.02. The van der Waals surface area contributed by atoms with Gasteiger partial charge in [-0.1, -0.05) is 44.9 Å². The molecule has 0 radical (unpaired) electrons. The maximum Gasteiger partial charge on any atom is 0.0937 e. The highest BCUT2D eigenvalue weighted by molar-refractivity contribution is 7.09. The van der Waals surface area contributed by atoms with Gasteiger partial charge in [-0.15, -0.1) is 11.3 Å². The first kappa shape index (κ1) is 14.5. The largest absolute Gasteiger partial charge is 0.313 e. The molecule has 112 valence electrons. The Bertz CT molecular complexity index is 370. The minimum absolute atomic E-state index is 0.784. The predicted octanol–water partition coefficient (Wildman–Crippen LogP) is 4.41. The second kappa shape index (κ2) is 7.56. The van der Waals surface area contributed by atoms with Gasteiger partial charge >= 0.3 is 0 Å². The van der Waals surface area contributed by atoms with Crippen molar-refractivity contribution in [3.05, 3.63) is 16.6 Å². The molecule has 1 heterocycles. The van der Waals surface area contributed by atoms with Crippen LogP contribution in [-0.4, -0.2) is 17.6 Å². The number of nitrogens with one attached hydrogen (secondary N) is 1. The van der Waals surface area contributed by atoms with Crippen molar-refractivity contribution in [3.63, 3.8) is 0 Å². The summed E-state index contributed by atoms with van der Waals surface area (Å²) in [6, 6.07) is 0.784. The summed E-state index contributed by atoms with van der Waals surface area (Å²) in [7, 11) is 0. The molecule has 2 aliphatic carbocycles. The highest BCUT2D eigenvalue weighted by atomic mass is 32.1. The summed E-state index contributed by atoms with van der Waals surface area (Å²) in [5.41, 5.74) is 0. The van der Waals surface area contributed by atoms with Crippen LogP contribution in [0.2, 0.25) is 0 Å². The van der Waals surface area contributed by atoms with E-state index in [4.69, 9.17) is 0 Å². The lowest BCUT2D eigenvalue weighted by Crippen LogP contribution is -2.43. The fraction of sp³-hybridized carbons (Fsp3) is 0.824. The van der Waals surface area contributed by atoms with Crippen molar-refractivity contribution in [2.45, 2.75) is 70.3 Å². The van der Waals surface area contributed by atoms with Gasteiger partial charge < -0.3 is 5.32 Å². The Balaban J connectivity index is 1.49. The van der Waals surface area contributed by atoms with Gasteiger partial charge in [0.05, 0.1) is 5.01 Å². The fourth-order valence-corrected chi connectivity index (χ4v) is 4.90. The van der Waals surface area contributed by atoms with Gasteiger partial charge in [0.1, 0.15) is 0 Å². The molecule has 1 N–H and O–H groups in total. The molecule has 2 unspecified atom stereocenters. The molecule has 2 saturated carbocycles. The van der Waals surface area contributed by atoms with E-state index in [1.54, 1.807) is 11.3 Å². The normalized spacial score (nSPS) is 28.6. The molecule has 2 nitrogen and oxygen atoms in total. The van der Waals surface area contributed by atoms with Crippen molar-refractivity contribution in [2.24, 2.45) is 11.8 Å². The summed E-state index contributed by atoms with van der Waals surface area (Å²) in [4.78, 5) is 4.39. The van der Waals surface area contributed by atoms with Gasteiger partial charge in [0, 0.05) is 30.6 Å². The van der Waals surface area contributed by atoms with E-state index in [1.165, 1.54) is 62.8 Å². The molecule has 2 fully saturated rings. The minimum Gasteiger partial charge on any atom is -0.313 e. The maximum atomic E-state index is 4.39. The lowest BCUT2D eigenvalue weighted by Gasteiger charge is -2.39. The standard InChI is InChI=1S/C17H28N2S/c1-2-6-14(7-3-1)15-8-4-5-9-16(15)18-11-10-17-19-12-13-20-17/h12-16,18H,1-11H2. The quantitative estimate of drug-likeness (QED) is 0.869. The molecule has 0 bridgehead atoms. The van der Waals surface area contributed by atoms with Crippen LogP contribution in [0.1, 0.15) is 62.8 Å². The summed E-state index contributed by atoms with van der Waals surface area (Å²) in [5, 5.41) is 7.24. The van der Waals surface area contributed by atoms with Gasteiger partial charge in [-0.3, -0.25) is 0 Å². The summed E-state index contributed by atoms with van der Waals surface area (Å²) >= 11 is 1.79. The molecule has 2 atom stereocenters. The lowest BCUT2D eigenvalue weighted by molar-refractivity contribution is 0.150. The van der Waals surface area contributed by atoms with Gasteiger partial charge in [-0.25, -0.2) is 4.98 Å². The van der Waals surface area contributed by atoms with Gasteiger partial charge in [0.15, 0.2) is 0 Å². The Morgan fingerprint density at radius 1 is 1.05 bits per heavy atom. The van der Waals surface area contributed by atoms with Crippen molar-refractivity contribution < 1.29 is 0 Å². The van der Waals surface area contributed by atoms with E-state index in [9.17, 15) is 0 Å². The Morgan fingerprint density at radius 3 is 2.65 bits per heavy atom. The van der Waals surface area contributed by atoms with Crippen LogP contribution in [0.4, 0.5) is 0 Å². The zero-order valence-corrected chi connectivity index (χ0v) is 13.3. The predicted molar refractivity (Wildman–Crippen MR) is 86.1 cm³/mol. The van der Waals surface area contributed by atoms with Gasteiger partial charge in [0.25, 0.3) is 0 Å². The summed E-state index contributed by atoms with van der Waals surface area (Å²) < 4.78 is 0. The maximum absolute atomic E-state index is 4.39. The van der Waals surface area contributed by atoms with Gasteiger partial charge in [-0.2, -0.15) is 0 Å². The van der Waals surface area contributed by atoms with E-state index in [-0.39, 0.29) is 0 Å². The number of nitrogens with zero attached hydrogens (tertiary/aromatic N) is 1. The van der Waals surface area contributed by atoms with Crippen molar-refractivity contribution in [3.8, 4) is 0 Å². The van der Waals surface area contributed by atoms with Crippen LogP contribution in [0.25, 0.3) is 0 Å². The first-order chi connectivity index (χ1) is 9.93. The van der Waals surface area contributed by atoms with Crippen LogP contribution in [0.15, 0.2) is 11.6 Å². The summed E-state index contributed by atoms with van der Waals surface area (Å²) in [6.07, 6.45) is 16.2. The van der Waals surface area contributed by atoms with Crippen LogP contribution >= 0.6 is 11.3 Å². The second-order valence-electron chi connectivity index (χ2n) is 6.58. The molecular formula is C17H28N2S. The van der Waals surface area contributed by atoms with E-state index in [0.717, 1.165) is 30.8 Å². The molecular weight excluding hydrogens is 264 g/mol. The number of hydrogen-bond donors (Lipinski definition) is 1. The van der Waals surface area contributed by atoms with Gasteiger partial charge in [0.2, 0.25) is 0 Å². The molecule has 0 spiro atoms. The zero-order chi connectivity index (χ0) is 13.6. The second-order valence-corrected chi connectivity index (χ2v) is 7.56. The molecule has 1 aromatic rings. The highest BCUT2D eigenvalue weighted by Crippen LogP contribution is 2.38. The molecule has 3 heteroatoms. The summed E-state index contributed by atoms with van der Waals surface area (Å²) in [6.45, 7) is 1.11. The monoisotopic (exact) mass is 292 g/mol. The Morgan fingerprint density at radius 2 is 1.85 bits per heavy atom. The van der Waals surface area contributed by atoms with E-state index in [2.05, 4.69) is 15.7 Å². The van der Waals surface area contributed by atoms with Crippen LogP contribution in [0, 0.1) is 11.8 Å². The minimum atomic E-state index is 0.784. The third-order valence-corrected chi connectivity index (χ3v) is 6.14. The fourth-order valence-electron chi connectivity index (χ4n) is 4.28. The van der Waals surface area contributed by atoms with E-state index >= 15 is 0 Å². The van der Waals surface area contributed by atoms with Crippen molar-refractivity contribution in [2.75, 3.05) is 6.54 Å². The van der Waals surface area contributed by atoms with Crippen LogP contribution < -0.4 is 5.32 Å². The van der Waals surface area contributed by atoms with E-state index < -0.39 is 0 Å². The number of thiazole rings is 1. The Hall–Kier alpha value is -0.410. The van der Waals surface area contributed by atoms with Gasteiger partial charge in [-0.05, 0) is 24.7 Å². The summed E-state index contributed by atoms with van der Waals surface area (Å²) in [5.74, 6) is 1.97. The van der Waals surface area contributed by atoms with Crippen molar-refractivity contribution >= 4 is 11.3 Å². The number of hydrogen-bond acceptors (Lipinski definition) is 3. The molecule has 0 saturated heterocycles. The van der Waals surface area contributed by atoms with Crippen LogP contribution in [0.3, 0.4) is 0 Å². The van der Waals surface area contributed by atoms with E-state index in [0.29, 0.717) is 0 Å². The molecule has 0 aromatic carbocycles. The highest BCUT2D eigenvalue weighted by Gasteiger charge is 2.31.